The molecule has 0 aliphatic carbocycles. The monoisotopic (exact) mass is 429 g/mol. The lowest BCUT2D eigenvalue weighted by molar-refractivity contribution is -0.117. The Morgan fingerprint density at radius 1 is 1.03 bits per heavy atom. The number of carbonyl (C=O) groups excluding carboxylic acids is 2. The van der Waals surface area contributed by atoms with Gasteiger partial charge < -0.3 is 20.3 Å². The molecule has 1 unspecified atom stereocenters. The van der Waals surface area contributed by atoms with Gasteiger partial charge >= 0.3 is 0 Å². The summed E-state index contributed by atoms with van der Waals surface area (Å²) in [6.07, 6.45) is 0.799. The van der Waals surface area contributed by atoms with E-state index in [9.17, 15) is 9.59 Å². The van der Waals surface area contributed by atoms with E-state index in [1.165, 1.54) is 0 Å². The van der Waals surface area contributed by atoms with Gasteiger partial charge in [-0.25, -0.2) is 0 Å². The van der Waals surface area contributed by atoms with Gasteiger partial charge in [-0.1, -0.05) is 36.4 Å². The van der Waals surface area contributed by atoms with Crippen LogP contribution in [0.4, 0.5) is 17.1 Å². The molecule has 6 heteroatoms. The molecule has 32 heavy (non-hydrogen) atoms. The Kier molecular flexibility index (Phi) is 6.12. The molecule has 4 rings (SSSR count). The average Bonchev–Trinajstić information content (AvgIpc) is 3.22. The van der Waals surface area contributed by atoms with Crippen molar-refractivity contribution in [2.24, 2.45) is 0 Å². The fraction of sp³-hybridized carbons (Fsp3) is 0.231. The second-order valence-corrected chi connectivity index (χ2v) is 7.95. The second-order valence-electron chi connectivity index (χ2n) is 7.95. The van der Waals surface area contributed by atoms with Crippen LogP contribution in [0.1, 0.15) is 29.7 Å². The van der Waals surface area contributed by atoms with Crippen LogP contribution in [0.25, 0.3) is 0 Å². The first kappa shape index (κ1) is 21.4. The van der Waals surface area contributed by atoms with Crippen molar-refractivity contribution in [2.45, 2.75) is 26.3 Å². The zero-order chi connectivity index (χ0) is 22.7. The van der Waals surface area contributed by atoms with Gasteiger partial charge in [0.15, 0.2) is 0 Å². The molecule has 0 saturated carbocycles. The molecular formula is C26H27N3O3. The highest BCUT2D eigenvalue weighted by molar-refractivity contribution is 5.99. The van der Waals surface area contributed by atoms with Crippen molar-refractivity contribution in [2.75, 3.05) is 29.2 Å². The Morgan fingerprint density at radius 2 is 1.81 bits per heavy atom. The van der Waals surface area contributed by atoms with Crippen LogP contribution in [-0.4, -0.2) is 25.5 Å². The van der Waals surface area contributed by atoms with Gasteiger partial charge in [-0.3, -0.25) is 9.59 Å². The lowest BCUT2D eigenvalue weighted by Crippen LogP contribution is -2.27. The van der Waals surface area contributed by atoms with Crippen molar-refractivity contribution in [1.29, 1.82) is 0 Å². The topological polar surface area (TPSA) is 70.7 Å². The molecule has 1 aliphatic rings. The number of hydrogen-bond acceptors (Lipinski definition) is 4. The van der Waals surface area contributed by atoms with Gasteiger partial charge in [0.25, 0.3) is 5.91 Å². The highest BCUT2D eigenvalue weighted by Gasteiger charge is 2.25. The van der Waals surface area contributed by atoms with E-state index < -0.39 is 6.04 Å². The molecule has 0 saturated heterocycles. The largest absolute Gasteiger partial charge is 0.495 e. The van der Waals surface area contributed by atoms with Gasteiger partial charge in [-0.15, -0.1) is 0 Å². The van der Waals surface area contributed by atoms with Crippen LogP contribution in [-0.2, 0) is 16.0 Å². The summed E-state index contributed by atoms with van der Waals surface area (Å²) >= 11 is 0. The third-order valence-electron chi connectivity index (χ3n) is 5.67. The first-order chi connectivity index (χ1) is 15.5. The van der Waals surface area contributed by atoms with Gasteiger partial charge in [-0.05, 0) is 60.4 Å². The number of methoxy groups -OCH3 is 1. The smallest absolute Gasteiger partial charge is 0.251 e. The van der Waals surface area contributed by atoms with Crippen molar-refractivity contribution in [3.63, 3.8) is 0 Å². The Morgan fingerprint density at radius 3 is 2.53 bits per heavy atom. The third kappa shape index (κ3) is 4.44. The van der Waals surface area contributed by atoms with E-state index in [1.807, 2.05) is 73.7 Å². The van der Waals surface area contributed by atoms with Crippen molar-refractivity contribution in [1.82, 2.24) is 0 Å². The van der Waals surface area contributed by atoms with E-state index in [0.717, 1.165) is 34.5 Å². The zero-order valence-corrected chi connectivity index (χ0v) is 18.5. The third-order valence-corrected chi connectivity index (χ3v) is 5.67. The number of anilines is 3. The summed E-state index contributed by atoms with van der Waals surface area (Å²) in [6, 6.07) is 20.6. The van der Waals surface area contributed by atoms with E-state index in [1.54, 1.807) is 18.9 Å². The summed E-state index contributed by atoms with van der Waals surface area (Å²) < 4.78 is 5.42. The fourth-order valence-corrected chi connectivity index (χ4v) is 4.06. The Bertz CT molecular complexity index is 1140. The number of hydrogen-bond donors (Lipinski definition) is 2. The molecule has 2 N–H and O–H groups in total. The summed E-state index contributed by atoms with van der Waals surface area (Å²) in [5.41, 5.74) is 5.37. The molecule has 1 heterocycles. The van der Waals surface area contributed by atoms with Crippen molar-refractivity contribution < 1.29 is 14.3 Å². The summed E-state index contributed by atoms with van der Waals surface area (Å²) in [7, 11) is 1.59. The van der Waals surface area contributed by atoms with Gasteiger partial charge in [0, 0.05) is 24.8 Å². The van der Waals surface area contributed by atoms with E-state index in [0.29, 0.717) is 18.0 Å². The summed E-state index contributed by atoms with van der Waals surface area (Å²) in [6.45, 7) is 4.23. The number of nitrogens with zero attached hydrogens (tertiary/aromatic N) is 1. The van der Waals surface area contributed by atoms with Gasteiger partial charge in [0.2, 0.25) is 5.91 Å². The number of carbonyl (C=O) groups is 2. The van der Waals surface area contributed by atoms with Crippen LogP contribution in [0.3, 0.4) is 0 Å². The predicted molar refractivity (Wildman–Crippen MR) is 127 cm³/mol. The Hall–Kier alpha value is -3.80. The number of rotatable bonds is 6. The molecule has 164 valence electrons. The number of benzene rings is 3. The highest BCUT2D eigenvalue weighted by Crippen LogP contribution is 2.32. The minimum atomic E-state index is -0.607. The molecule has 1 aliphatic heterocycles. The van der Waals surface area contributed by atoms with Crippen LogP contribution in [0.5, 0.6) is 5.75 Å². The summed E-state index contributed by atoms with van der Waals surface area (Å²) in [5, 5.41) is 6.40. The number of amides is 2. The number of nitrogens with one attached hydrogen (secondary N) is 2. The lowest BCUT2D eigenvalue weighted by Gasteiger charge is -2.22. The van der Waals surface area contributed by atoms with Crippen molar-refractivity contribution in [3.05, 3.63) is 83.4 Å². The minimum absolute atomic E-state index is 0.0399. The molecule has 1 atom stereocenters. The summed E-state index contributed by atoms with van der Waals surface area (Å²) in [4.78, 5) is 27.0. The van der Waals surface area contributed by atoms with Crippen LogP contribution in [0.2, 0.25) is 0 Å². The van der Waals surface area contributed by atoms with E-state index >= 15 is 0 Å². The summed E-state index contributed by atoms with van der Waals surface area (Å²) in [5.74, 6) is 0.460. The minimum Gasteiger partial charge on any atom is -0.495 e. The quantitative estimate of drug-likeness (QED) is 0.596. The van der Waals surface area contributed by atoms with Crippen molar-refractivity contribution >= 4 is 28.9 Å². The van der Waals surface area contributed by atoms with E-state index in [4.69, 9.17) is 4.74 Å². The van der Waals surface area contributed by atoms with E-state index in [2.05, 4.69) is 10.6 Å². The Labute approximate surface area is 188 Å². The maximum Gasteiger partial charge on any atom is 0.251 e. The molecule has 0 spiro atoms. The standard InChI is InChI=1S/C26H27N3O3/c1-17-9-12-24(32-3)22(15-17)28-26(31)25(19-7-5-4-6-8-19)27-21-10-11-23-20(16-21)13-14-29(23)18(2)30/h4-12,15-16,25,27H,13-14H2,1-3H3,(H,28,31). The predicted octanol–water partition coefficient (Wildman–Crippen LogP) is 4.70. The van der Waals surface area contributed by atoms with Crippen molar-refractivity contribution in [3.8, 4) is 5.75 Å². The zero-order valence-electron chi connectivity index (χ0n) is 18.5. The SMILES string of the molecule is COc1ccc(C)cc1NC(=O)C(Nc1ccc2c(c1)CCN2C(C)=O)c1ccccc1. The molecule has 0 fully saturated rings. The maximum atomic E-state index is 13.4. The molecule has 3 aromatic rings. The first-order valence-corrected chi connectivity index (χ1v) is 10.6. The second kappa shape index (κ2) is 9.14. The van der Waals surface area contributed by atoms with Crippen LogP contribution >= 0.6 is 0 Å². The molecule has 2 amide bonds. The van der Waals surface area contributed by atoms with Gasteiger partial charge in [0.1, 0.15) is 11.8 Å². The van der Waals surface area contributed by atoms with Crippen LogP contribution in [0, 0.1) is 6.92 Å². The lowest BCUT2D eigenvalue weighted by atomic mass is 10.0. The average molecular weight is 430 g/mol. The molecule has 0 aromatic heterocycles. The number of fused-ring (bicyclic) bond motifs is 1. The van der Waals surface area contributed by atoms with E-state index in [-0.39, 0.29) is 11.8 Å². The number of ether oxygens (including phenoxy) is 1. The highest BCUT2D eigenvalue weighted by atomic mass is 16.5. The van der Waals surface area contributed by atoms with Crippen LogP contribution in [0.15, 0.2) is 66.7 Å². The maximum absolute atomic E-state index is 13.4. The van der Waals surface area contributed by atoms with Gasteiger partial charge in [-0.2, -0.15) is 0 Å². The van der Waals surface area contributed by atoms with Gasteiger partial charge in [0.05, 0.1) is 12.8 Å². The fourth-order valence-electron chi connectivity index (χ4n) is 4.06. The molecule has 6 nitrogen and oxygen atoms in total. The Balaban J connectivity index is 1.62. The van der Waals surface area contributed by atoms with Crippen LogP contribution < -0.4 is 20.3 Å². The molecule has 0 bridgehead atoms. The number of aryl methyl sites for hydroxylation is 1. The first-order valence-electron chi connectivity index (χ1n) is 10.6. The molecular weight excluding hydrogens is 402 g/mol. The molecule has 0 radical (unpaired) electrons. The molecule has 3 aromatic carbocycles. The normalized spacial score (nSPS) is 13.3.